The van der Waals surface area contributed by atoms with Crippen LogP contribution in [0.2, 0.25) is 0 Å². The van der Waals surface area contributed by atoms with E-state index >= 15 is 0 Å². The van der Waals surface area contributed by atoms with Crippen molar-refractivity contribution in [2.75, 3.05) is 60.0 Å². The quantitative estimate of drug-likeness (QED) is 0.447. The molecule has 7 heteroatoms. The monoisotopic (exact) mass is 483 g/mol. The van der Waals surface area contributed by atoms with Gasteiger partial charge in [-0.1, -0.05) is 18.6 Å². The highest BCUT2D eigenvalue weighted by Crippen LogP contribution is 2.23. The van der Waals surface area contributed by atoms with Gasteiger partial charge in [0.2, 0.25) is 0 Å². The van der Waals surface area contributed by atoms with Crippen molar-refractivity contribution in [2.45, 2.75) is 32.6 Å². The number of hydrogen-bond acceptors (Lipinski definition) is 4. The first-order chi connectivity index (χ1) is 14.6. The number of carbonyl (C=O) groups is 1. The third-order valence-electron chi connectivity index (χ3n) is 5.88. The Hall–Kier alpha value is -1.53. The number of likely N-dealkylation sites (N-methyl/N-ethyl adjacent to an activating group) is 2. The summed E-state index contributed by atoms with van der Waals surface area (Å²) < 4.78 is 5.99. The molecular formula is C25H39Cl2N3O2. The zero-order chi connectivity index (χ0) is 21.3. The van der Waals surface area contributed by atoms with Crippen LogP contribution in [-0.2, 0) is 0 Å². The topological polar surface area (TPSA) is 36.0 Å². The molecule has 0 bridgehead atoms. The molecule has 2 aromatic rings. The molecule has 0 aliphatic carbocycles. The minimum Gasteiger partial charge on any atom is -0.494 e. The van der Waals surface area contributed by atoms with Crippen molar-refractivity contribution in [3.8, 4) is 5.75 Å². The smallest absolute Gasteiger partial charge is 0.253 e. The van der Waals surface area contributed by atoms with E-state index in [1.165, 1.54) is 32.4 Å². The van der Waals surface area contributed by atoms with Crippen LogP contribution in [0.4, 0.5) is 0 Å². The Bertz CT molecular complexity index is 826. The molecule has 0 spiro atoms. The van der Waals surface area contributed by atoms with Crippen LogP contribution in [0.3, 0.4) is 0 Å². The van der Waals surface area contributed by atoms with Crippen LogP contribution in [0.1, 0.15) is 43.0 Å². The average molecular weight is 485 g/mol. The largest absolute Gasteiger partial charge is 0.494 e. The molecule has 1 fully saturated rings. The number of hydrogen-bond donors (Lipinski definition) is 0. The molecule has 1 aliphatic rings. The van der Waals surface area contributed by atoms with Gasteiger partial charge in [-0.05, 0) is 88.4 Å². The van der Waals surface area contributed by atoms with Crippen LogP contribution < -0.4 is 4.74 Å². The molecule has 0 N–H and O–H groups in total. The van der Waals surface area contributed by atoms with Crippen molar-refractivity contribution in [2.24, 2.45) is 0 Å². The lowest BCUT2D eigenvalue weighted by molar-refractivity contribution is 0.0754. The molecule has 0 saturated carbocycles. The summed E-state index contributed by atoms with van der Waals surface area (Å²) in [7, 11) is 4.06. The van der Waals surface area contributed by atoms with Gasteiger partial charge in [-0.2, -0.15) is 0 Å². The summed E-state index contributed by atoms with van der Waals surface area (Å²) >= 11 is 0. The maximum Gasteiger partial charge on any atom is 0.253 e. The minimum atomic E-state index is 0. The third-order valence-corrected chi connectivity index (χ3v) is 5.88. The molecule has 5 nitrogen and oxygen atoms in total. The first kappa shape index (κ1) is 28.5. The van der Waals surface area contributed by atoms with Crippen molar-refractivity contribution in [1.82, 2.24) is 14.7 Å². The SMILES string of the molecule is CCN(CCN(C)C)C(=O)c1ccc2cc(OCCCN3CCCCC3)ccc2c1.Cl.Cl. The molecule has 1 amide bonds. The van der Waals surface area contributed by atoms with Gasteiger partial charge in [0.05, 0.1) is 6.61 Å². The molecular weight excluding hydrogens is 445 g/mol. The van der Waals surface area contributed by atoms with E-state index in [2.05, 4.69) is 21.9 Å². The number of piperidine rings is 1. The summed E-state index contributed by atoms with van der Waals surface area (Å²) in [4.78, 5) is 19.4. The standard InChI is InChI=1S/C25H37N3O2.2ClH/c1-4-28(17-16-26(2)3)25(29)23-10-9-22-20-24(12-11-21(22)19-23)30-18-8-15-27-13-6-5-7-14-27;;/h9-12,19-20H,4-8,13-18H2,1-3H3;2*1H. The number of benzene rings is 2. The van der Waals surface area contributed by atoms with Gasteiger partial charge in [-0.3, -0.25) is 4.79 Å². The van der Waals surface area contributed by atoms with Gasteiger partial charge in [0.25, 0.3) is 5.91 Å². The van der Waals surface area contributed by atoms with Gasteiger partial charge >= 0.3 is 0 Å². The molecule has 0 aromatic heterocycles. The highest BCUT2D eigenvalue weighted by atomic mass is 35.5. The van der Waals surface area contributed by atoms with Crippen LogP contribution in [0.5, 0.6) is 5.75 Å². The lowest BCUT2D eigenvalue weighted by Crippen LogP contribution is -2.36. The fourth-order valence-electron chi connectivity index (χ4n) is 4.01. The Labute approximate surface area is 205 Å². The van der Waals surface area contributed by atoms with E-state index in [0.29, 0.717) is 0 Å². The molecule has 2 aromatic carbocycles. The van der Waals surface area contributed by atoms with Gasteiger partial charge in [0.15, 0.2) is 0 Å². The minimum absolute atomic E-state index is 0. The summed E-state index contributed by atoms with van der Waals surface area (Å²) in [5.41, 5.74) is 0.748. The van der Waals surface area contributed by atoms with E-state index in [9.17, 15) is 4.79 Å². The Balaban J connectivity index is 0.00000256. The molecule has 0 atom stereocenters. The summed E-state index contributed by atoms with van der Waals surface area (Å²) in [6.45, 7) is 8.70. The molecule has 32 heavy (non-hydrogen) atoms. The summed E-state index contributed by atoms with van der Waals surface area (Å²) in [6.07, 6.45) is 5.11. The van der Waals surface area contributed by atoms with Crippen LogP contribution in [0.25, 0.3) is 10.8 Å². The number of carbonyl (C=O) groups excluding carboxylic acids is 1. The normalized spacial score (nSPS) is 14.0. The lowest BCUT2D eigenvalue weighted by Gasteiger charge is -2.26. The highest BCUT2D eigenvalue weighted by Gasteiger charge is 2.15. The van der Waals surface area contributed by atoms with E-state index in [4.69, 9.17) is 4.74 Å². The molecule has 1 saturated heterocycles. The predicted molar refractivity (Wildman–Crippen MR) is 139 cm³/mol. The number of halogens is 2. The molecule has 0 radical (unpaired) electrons. The van der Waals surface area contributed by atoms with Gasteiger partial charge in [0, 0.05) is 31.7 Å². The fourth-order valence-corrected chi connectivity index (χ4v) is 4.01. The number of fused-ring (bicyclic) bond motifs is 1. The van der Waals surface area contributed by atoms with E-state index in [0.717, 1.165) is 61.3 Å². The van der Waals surface area contributed by atoms with Gasteiger partial charge < -0.3 is 19.4 Å². The maximum absolute atomic E-state index is 12.9. The molecule has 180 valence electrons. The van der Waals surface area contributed by atoms with Crippen molar-refractivity contribution >= 4 is 41.5 Å². The summed E-state index contributed by atoms with van der Waals surface area (Å²) in [5.74, 6) is 1.00. The summed E-state index contributed by atoms with van der Waals surface area (Å²) in [6, 6.07) is 12.1. The first-order valence-corrected chi connectivity index (χ1v) is 11.4. The second-order valence-electron chi connectivity index (χ2n) is 8.52. The van der Waals surface area contributed by atoms with E-state index in [-0.39, 0.29) is 30.7 Å². The average Bonchev–Trinajstić information content (AvgIpc) is 2.77. The second-order valence-corrected chi connectivity index (χ2v) is 8.52. The van der Waals surface area contributed by atoms with Crippen molar-refractivity contribution < 1.29 is 9.53 Å². The van der Waals surface area contributed by atoms with Gasteiger partial charge in [-0.15, -0.1) is 24.8 Å². The van der Waals surface area contributed by atoms with Crippen LogP contribution in [0.15, 0.2) is 36.4 Å². The Morgan fingerprint density at radius 2 is 1.66 bits per heavy atom. The maximum atomic E-state index is 12.9. The number of amides is 1. The highest BCUT2D eigenvalue weighted by molar-refractivity contribution is 5.98. The molecule has 0 unspecified atom stereocenters. The first-order valence-electron chi connectivity index (χ1n) is 11.4. The van der Waals surface area contributed by atoms with Crippen LogP contribution in [0, 0.1) is 0 Å². The predicted octanol–water partition coefficient (Wildman–Crippen LogP) is 4.96. The van der Waals surface area contributed by atoms with E-state index in [1.807, 2.05) is 50.2 Å². The second kappa shape index (κ2) is 14.6. The Morgan fingerprint density at radius 3 is 2.34 bits per heavy atom. The number of nitrogens with zero attached hydrogens (tertiary/aromatic N) is 3. The Morgan fingerprint density at radius 1 is 0.969 bits per heavy atom. The number of ether oxygens (including phenoxy) is 1. The zero-order valence-electron chi connectivity index (χ0n) is 19.7. The molecule has 1 aliphatic heterocycles. The summed E-state index contributed by atoms with van der Waals surface area (Å²) in [5, 5.41) is 2.18. The van der Waals surface area contributed by atoms with Gasteiger partial charge in [-0.25, -0.2) is 0 Å². The lowest BCUT2D eigenvalue weighted by atomic mass is 10.1. The fraction of sp³-hybridized carbons (Fsp3) is 0.560. The van der Waals surface area contributed by atoms with Crippen LogP contribution in [-0.4, -0.2) is 80.6 Å². The third kappa shape index (κ3) is 8.43. The molecule has 3 rings (SSSR count). The Kier molecular flexibility index (Phi) is 13.0. The van der Waals surface area contributed by atoms with Crippen molar-refractivity contribution in [3.05, 3.63) is 42.0 Å². The van der Waals surface area contributed by atoms with E-state index in [1.54, 1.807) is 0 Å². The van der Waals surface area contributed by atoms with E-state index < -0.39 is 0 Å². The van der Waals surface area contributed by atoms with Gasteiger partial charge in [0.1, 0.15) is 5.75 Å². The van der Waals surface area contributed by atoms with Crippen LogP contribution >= 0.6 is 24.8 Å². The number of rotatable bonds is 10. The molecule has 1 heterocycles. The van der Waals surface area contributed by atoms with Crippen molar-refractivity contribution in [1.29, 1.82) is 0 Å². The zero-order valence-corrected chi connectivity index (χ0v) is 21.3. The number of likely N-dealkylation sites (tertiary alicyclic amines) is 1. The van der Waals surface area contributed by atoms with Crippen molar-refractivity contribution in [3.63, 3.8) is 0 Å².